The van der Waals surface area contributed by atoms with Crippen LogP contribution in [0.3, 0.4) is 0 Å². The van der Waals surface area contributed by atoms with Crippen molar-refractivity contribution in [1.82, 2.24) is 0 Å². The predicted molar refractivity (Wildman–Crippen MR) is 35.9 cm³/mol. The van der Waals surface area contributed by atoms with Crippen LogP contribution in [0.4, 0.5) is 5.69 Å². The number of aryl methyl sites for hydroxylation is 1. The molecule has 0 aliphatic carbocycles. The molecule has 0 amide bonds. The number of hydrogen-bond acceptors (Lipinski definition) is 1. The molecule has 2 nitrogen and oxygen atoms in total. The quantitative estimate of drug-likeness (QED) is 0.482. The van der Waals surface area contributed by atoms with E-state index in [0.29, 0.717) is 5.69 Å². The zero-order valence-electron chi connectivity index (χ0n) is 5.20. The van der Waals surface area contributed by atoms with Crippen LogP contribution in [0.1, 0.15) is 5.56 Å². The summed E-state index contributed by atoms with van der Waals surface area (Å²) in [6.45, 7) is 1.90. The van der Waals surface area contributed by atoms with Crippen molar-refractivity contribution in [3.63, 3.8) is 0 Å². The fraction of sp³-hybridized carbons (Fsp3) is 0.143. The van der Waals surface area contributed by atoms with E-state index in [9.17, 15) is 0 Å². The number of benzene rings is 1. The molecule has 0 bridgehead atoms. The number of hydrogen-bond donors (Lipinski definition) is 0. The Morgan fingerprint density at radius 2 is 2.00 bits per heavy atom. The summed E-state index contributed by atoms with van der Waals surface area (Å²) >= 11 is 0. The Balaban J connectivity index is 3.20. The molecule has 1 aromatic rings. The first-order chi connectivity index (χ1) is 4.34. The second kappa shape index (κ2) is 2.27. The molecule has 0 saturated heterocycles. The van der Waals surface area contributed by atoms with Crippen LogP contribution < -0.4 is 0 Å². The van der Waals surface area contributed by atoms with Gasteiger partial charge in [0.25, 0.3) is 0 Å². The standard InChI is InChI=1S/C7H7N2/c1-6-4-2-3-5-7(6)9-8/h2-5H,1H3/q+1. The fourth-order valence-corrected chi connectivity index (χ4v) is 0.676. The molecule has 0 spiro atoms. The topological polar surface area (TPSA) is 28.1 Å². The Morgan fingerprint density at radius 3 is 2.44 bits per heavy atom. The molecule has 1 aromatic carbocycles. The third-order valence-electron chi connectivity index (χ3n) is 1.22. The highest BCUT2D eigenvalue weighted by molar-refractivity contribution is 5.50. The summed E-state index contributed by atoms with van der Waals surface area (Å²) in [7, 11) is 0. The molecule has 0 aliphatic rings. The third kappa shape index (κ3) is 1.06. The van der Waals surface area contributed by atoms with E-state index in [-0.39, 0.29) is 0 Å². The minimum atomic E-state index is 0.637. The third-order valence-corrected chi connectivity index (χ3v) is 1.22. The van der Waals surface area contributed by atoms with Gasteiger partial charge in [-0.15, -0.1) is 0 Å². The van der Waals surface area contributed by atoms with Crippen molar-refractivity contribution in [3.8, 4) is 0 Å². The van der Waals surface area contributed by atoms with Crippen LogP contribution in [0, 0.1) is 12.3 Å². The maximum atomic E-state index is 8.34. The highest BCUT2D eigenvalue weighted by atomic mass is 14.8. The van der Waals surface area contributed by atoms with Crippen LogP contribution in [-0.2, 0) is 0 Å². The molecule has 1 rings (SSSR count). The number of rotatable bonds is 0. The van der Waals surface area contributed by atoms with Crippen LogP contribution in [0.15, 0.2) is 24.3 Å². The van der Waals surface area contributed by atoms with Crippen LogP contribution in [-0.4, -0.2) is 0 Å². The van der Waals surface area contributed by atoms with Gasteiger partial charge in [-0.1, -0.05) is 18.2 Å². The summed E-state index contributed by atoms with van der Waals surface area (Å²) < 4.78 is 0. The van der Waals surface area contributed by atoms with Gasteiger partial charge in [0, 0.05) is 11.6 Å². The largest absolute Gasteiger partial charge is 0.387 e. The lowest BCUT2D eigenvalue weighted by Gasteiger charge is -1.80. The molecule has 0 radical (unpaired) electrons. The van der Waals surface area contributed by atoms with E-state index in [2.05, 4.69) is 4.98 Å². The zero-order chi connectivity index (χ0) is 6.69. The maximum Gasteiger partial charge on any atom is 0.387 e. The molecule has 0 N–H and O–H groups in total. The molecular weight excluding hydrogens is 112 g/mol. The first kappa shape index (κ1) is 5.77. The van der Waals surface area contributed by atoms with Crippen LogP contribution in [0.2, 0.25) is 0 Å². The van der Waals surface area contributed by atoms with Crippen LogP contribution >= 0.6 is 0 Å². The van der Waals surface area contributed by atoms with E-state index in [1.807, 2.05) is 25.1 Å². The van der Waals surface area contributed by atoms with E-state index in [4.69, 9.17) is 5.39 Å². The average molecular weight is 119 g/mol. The highest BCUT2D eigenvalue weighted by Crippen LogP contribution is 2.15. The smallest absolute Gasteiger partial charge is 0.0614 e. The first-order valence-electron chi connectivity index (χ1n) is 2.75. The normalized spacial score (nSPS) is 8.44. The van der Waals surface area contributed by atoms with E-state index < -0.39 is 0 Å². The van der Waals surface area contributed by atoms with E-state index in [1.165, 1.54) is 0 Å². The minimum Gasteiger partial charge on any atom is -0.0614 e. The van der Waals surface area contributed by atoms with Crippen molar-refractivity contribution >= 4 is 5.69 Å². The lowest BCUT2D eigenvalue weighted by Crippen LogP contribution is -1.67. The summed E-state index contributed by atoms with van der Waals surface area (Å²) in [5, 5.41) is 8.34. The molecule has 0 aromatic heterocycles. The van der Waals surface area contributed by atoms with Gasteiger partial charge in [0.15, 0.2) is 4.98 Å². The molecule has 0 aliphatic heterocycles. The Labute approximate surface area is 53.8 Å². The van der Waals surface area contributed by atoms with Crippen LogP contribution in [0.25, 0.3) is 4.98 Å². The molecule has 0 saturated carbocycles. The van der Waals surface area contributed by atoms with Crippen LogP contribution in [0.5, 0.6) is 0 Å². The van der Waals surface area contributed by atoms with E-state index in [1.54, 1.807) is 6.07 Å². The van der Waals surface area contributed by atoms with Gasteiger partial charge in [-0.3, -0.25) is 0 Å². The Morgan fingerprint density at radius 1 is 1.33 bits per heavy atom. The molecule has 9 heavy (non-hydrogen) atoms. The van der Waals surface area contributed by atoms with Crippen molar-refractivity contribution in [2.45, 2.75) is 6.92 Å². The maximum absolute atomic E-state index is 8.34. The Hall–Kier alpha value is -1.36. The zero-order valence-corrected chi connectivity index (χ0v) is 5.20. The number of nitrogens with zero attached hydrogens (tertiary/aromatic N) is 2. The lowest BCUT2D eigenvalue weighted by molar-refractivity contribution is 1.41. The predicted octanol–water partition coefficient (Wildman–Crippen LogP) is 2.48. The monoisotopic (exact) mass is 119 g/mol. The van der Waals surface area contributed by atoms with Gasteiger partial charge in [0.1, 0.15) is 0 Å². The molecule has 0 unspecified atom stereocenters. The summed E-state index contributed by atoms with van der Waals surface area (Å²) in [6.07, 6.45) is 0. The fourth-order valence-electron chi connectivity index (χ4n) is 0.676. The van der Waals surface area contributed by atoms with Gasteiger partial charge in [-0.2, -0.15) is 0 Å². The molecule has 0 fully saturated rings. The summed E-state index contributed by atoms with van der Waals surface area (Å²) in [5.74, 6) is 0. The van der Waals surface area contributed by atoms with Crippen molar-refractivity contribution < 1.29 is 0 Å². The van der Waals surface area contributed by atoms with Crippen molar-refractivity contribution in [1.29, 1.82) is 5.39 Å². The second-order valence-corrected chi connectivity index (χ2v) is 1.89. The van der Waals surface area contributed by atoms with Gasteiger partial charge in [0.2, 0.25) is 5.39 Å². The van der Waals surface area contributed by atoms with Gasteiger partial charge in [-0.05, 0) is 6.92 Å². The van der Waals surface area contributed by atoms with Gasteiger partial charge < -0.3 is 0 Å². The average Bonchev–Trinajstić information content (AvgIpc) is 1.89. The summed E-state index contributed by atoms with van der Waals surface area (Å²) in [4.78, 5) is 3.07. The molecule has 44 valence electrons. The van der Waals surface area contributed by atoms with E-state index in [0.717, 1.165) is 5.56 Å². The summed E-state index contributed by atoms with van der Waals surface area (Å²) in [6, 6.07) is 7.40. The molecule has 0 heterocycles. The molecular formula is C7H7N2+. The highest BCUT2D eigenvalue weighted by Gasteiger charge is 2.04. The molecule has 2 heteroatoms. The lowest BCUT2D eigenvalue weighted by atomic mass is 10.2. The SMILES string of the molecule is Cc1ccccc1[N+]#N. The molecule has 0 atom stereocenters. The van der Waals surface area contributed by atoms with Gasteiger partial charge in [-0.25, -0.2) is 0 Å². The second-order valence-electron chi connectivity index (χ2n) is 1.89. The summed E-state index contributed by atoms with van der Waals surface area (Å²) in [5.41, 5.74) is 1.62. The minimum absolute atomic E-state index is 0.637. The van der Waals surface area contributed by atoms with Crippen molar-refractivity contribution in [3.05, 3.63) is 34.8 Å². The number of diazo groups is 1. The first-order valence-corrected chi connectivity index (χ1v) is 2.75. The van der Waals surface area contributed by atoms with Gasteiger partial charge >= 0.3 is 5.69 Å². The van der Waals surface area contributed by atoms with Gasteiger partial charge in [0.05, 0.1) is 0 Å². The Kier molecular flexibility index (Phi) is 1.46. The Bertz CT molecular complexity index is 247. The van der Waals surface area contributed by atoms with E-state index >= 15 is 0 Å². The van der Waals surface area contributed by atoms with Crippen molar-refractivity contribution in [2.75, 3.05) is 0 Å². The van der Waals surface area contributed by atoms with Crippen molar-refractivity contribution in [2.24, 2.45) is 0 Å².